The molecule has 0 atom stereocenters. The number of imidazole rings is 5. The molecule has 21 rings (SSSR count). The van der Waals surface area contributed by atoms with Gasteiger partial charge < -0.3 is 56.6 Å². The molecule has 0 saturated carbocycles. The lowest BCUT2D eigenvalue weighted by molar-refractivity contribution is 0.393. The van der Waals surface area contributed by atoms with Crippen LogP contribution in [0, 0.1) is 107 Å². The van der Waals surface area contributed by atoms with Crippen molar-refractivity contribution in [3.05, 3.63) is 229 Å². The van der Waals surface area contributed by atoms with Crippen molar-refractivity contribution >= 4 is 169 Å². The molecule has 14 heterocycles. The average Bonchev–Trinajstić information content (AvgIpc) is 1.64. The number of hydrogen-bond donors (Lipinski definition) is 10. The van der Waals surface area contributed by atoms with E-state index < -0.39 is 60.6 Å². The van der Waals surface area contributed by atoms with Crippen molar-refractivity contribution in [1.82, 2.24) is 95.9 Å². The second-order valence-corrected chi connectivity index (χ2v) is 48.0. The zero-order chi connectivity index (χ0) is 108. The molecule has 0 aliphatic rings. The van der Waals surface area contributed by atoms with Crippen LogP contribution in [0.5, 0.6) is 0 Å². The van der Waals surface area contributed by atoms with Crippen molar-refractivity contribution in [2.45, 2.75) is 163 Å². The Labute approximate surface area is 875 Å². The van der Waals surface area contributed by atoms with Crippen LogP contribution in [0.3, 0.4) is 0 Å². The highest BCUT2D eigenvalue weighted by Crippen LogP contribution is 2.46. The first-order chi connectivity index (χ1) is 71.1. The lowest BCUT2D eigenvalue weighted by Crippen LogP contribution is -2.23. The summed E-state index contributed by atoms with van der Waals surface area (Å²) in [6, 6.07) is 41.4. The number of benzene rings is 7. The first-order valence-electron chi connectivity index (χ1n) is 47.4. The summed E-state index contributed by atoms with van der Waals surface area (Å²) in [7, 11) is -17.5. The highest BCUT2D eigenvalue weighted by molar-refractivity contribution is 14.1. The number of aryl methyl sites for hydroxylation is 15. The quantitative estimate of drug-likeness (QED) is 0.0238. The first-order valence-corrected chi connectivity index (χ1v) is 56.5. The van der Waals surface area contributed by atoms with Gasteiger partial charge in [0.25, 0.3) is 0 Å². The fourth-order valence-electron chi connectivity index (χ4n) is 17.7. The van der Waals surface area contributed by atoms with Gasteiger partial charge in [0.15, 0.2) is 0 Å². The van der Waals surface area contributed by atoms with Crippen molar-refractivity contribution < 1.29 is 73.8 Å². The standard InChI is InChI=1S/C25H23N5O3S.C24H23N5O3S.C20H23N5O4S.C19H21N5O4S.C15H17IN4O3S/c1-4-34(31,32)30-25-27-21-14-18(22-15(2)29-33-16(22)3)13-20(24(21)28-25)19-11-8-12-26-23(19)17-9-6-5-7-10-17;1-5-33(30,31)29-24-26-20-12-16(22-14(3)28-32-15(22)4)11-18(23(20)27-24)21-13(2)8-9-19-17(21)7-6-10-25-19;1-9(2)30(26,27)25-20-21-16-8-14(17-10(3)23-28-12(17)5)7-15(19(16)22-20)18-11(4)24-29-13(18)6;1-6-29(25,26)24-19-20-15-8-13(16-9(2)22-27-11(16)4)7-14(18(15)21-19)17-10(3)23-28-12(17)5;1-7(2)24(21,22)20-15-17-12-6-10(5-11(16)14(12)18-15)13-8(3)19-23-9(13)4/h5-14H,4H2,1-3H3,(H2,27,28,30);6-12H,5H2,1-4H3,(H2,26,27,29);7-9H,1-6H3,(H2,21,22,25);7-8H,6H2,1-5H3,(H2,20,21,24);5-7H,1-4H3,(H2,17,18,20). The van der Waals surface area contributed by atoms with Gasteiger partial charge in [-0.25, -0.2) is 67.0 Å². The second kappa shape index (κ2) is 41.8. The lowest BCUT2D eigenvalue weighted by atomic mass is 9.92. The number of pyridine rings is 2. The molecule has 0 bridgehead atoms. The number of sulfonamides is 5. The molecule has 0 aliphatic heterocycles. The molecule has 0 radical (unpaired) electrons. The number of H-pyrrole nitrogens is 5. The summed E-state index contributed by atoms with van der Waals surface area (Å²) in [5.74, 6) is 5.56. The summed E-state index contributed by atoms with van der Waals surface area (Å²) < 4.78 is 172. The Bertz CT molecular complexity index is 9290. The number of hydrogen-bond acceptors (Lipinski definition) is 31. The minimum absolute atomic E-state index is 0.0463. The molecule has 150 heavy (non-hydrogen) atoms. The number of nitrogens with zero attached hydrogens (tertiary/aromatic N) is 14. The molecule has 21 aromatic rings. The molecule has 0 fully saturated rings. The maximum absolute atomic E-state index is 12.3. The van der Waals surface area contributed by atoms with Crippen LogP contribution in [0.4, 0.5) is 29.7 Å². The van der Waals surface area contributed by atoms with Crippen LogP contribution in [0.15, 0.2) is 171 Å². The smallest absolute Gasteiger partial charge is 0.237 e. The number of nitrogens with one attached hydrogen (secondary N) is 10. The lowest BCUT2D eigenvalue weighted by Gasteiger charge is -2.13. The monoisotopic (exact) mass is 2240 g/mol. The molecule has 0 aliphatic carbocycles. The highest BCUT2D eigenvalue weighted by Gasteiger charge is 2.31. The van der Waals surface area contributed by atoms with Crippen molar-refractivity contribution in [2.75, 3.05) is 40.9 Å². The predicted octanol–water partition coefficient (Wildman–Crippen LogP) is 22.2. The van der Waals surface area contributed by atoms with Gasteiger partial charge in [-0.1, -0.05) is 84.6 Å². The number of rotatable bonds is 25. The second-order valence-electron chi connectivity index (χ2n) is 36.4. The van der Waals surface area contributed by atoms with Crippen LogP contribution in [0.1, 0.15) is 134 Å². The third kappa shape index (κ3) is 21.7. The fourth-order valence-corrected chi connectivity index (χ4v) is 21.3. The zero-order valence-corrected chi connectivity index (χ0v) is 91.9. The van der Waals surface area contributed by atoms with Gasteiger partial charge >= 0.3 is 0 Å². The Kier molecular flexibility index (Phi) is 29.5. The molecule has 0 unspecified atom stereocenters. The molecule has 7 aromatic carbocycles. The molecular formula is C103H107IN24O17S5. The minimum atomic E-state index is -3.55. The van der Waals surface area contributed by atoms with Crippen LogP contribution in [0.25, 0.3) is 177 Å². The summed E-state index contributed by atoms with van der Waals surface area (Å²) in [4.78, 5) is 47.2. The van der Waals surface area contributed by atoms with Gasteiger partial charge in [0.05, 0.1) is 128 Å². The van der Waals surface area contributed by atoms with E-state index in [1.807, 2.05) is 225 Å². The Morgan fingerprint density at radius 2 is 0.580 bits per heavy atom. The van der Waals surface area contributed by atoms with Gasteiger partial charge in [0, 0.05) is 93.7 Å². The minimum Gasteiger partial charge on any atom is -0.361 e. The summed E-state index contributed by atoms with van der Waals surface area (Å²) in [6.45, 7) is 39.3. The number of aromatic nitrogens is 19. The van der Waals surface area contributed by atoms with Gasteiger partial charge in [0.1, 0.15) is 45.8 Å². The van der Waals surface area contributed by atoms with E-state index in [1.165, 1.54) is 0 Å². The van der Waals surface area contributed by atoms with Crippen LogP contribution < -0.4 is 23.6 Å². The molecule has 47 heteroatoms. The van der Waals surface area contributed by atoms with Crippen molar-refractivity contribution in [3.8, 4) is 111 Å². The molecule has 14 aromatic heterocycles. The Morgan fingerprint density at radius 1 is 0.293 bits per heavy atom. The topological polar surface area (TPSA) is 582 Å². The molecule has 778 valence electrons. The van der Waals surface area contributed by atoms with Crippen LogP contribution in [-0.4, -0.2) is 166 Å². The Hall–Kier alpha value is -15.6. The summed E-state index contributed by atoms with van der Waals surface area (Å²) in [5.41, 5.74) is 31.5. The average molecular weight is 2240 g/mol. The molecule has 10 N–H and O–H groups in total. The van der Waals surface area contributed by atoms with E-state index in [1.54, 1.807) is 60.9 Å². The van der Waals surface area contributed by atoms with E-state index in [4.69, 9.17) is 31.7 Å². The third-order valence-electron chi connectivity index (χ3n) is 25.1. The van der Waals surface area contributed by atoms with E-state index in [2.05, 4.69) is 148 Å². The van der Waals surface area contributed by atoms with Crippen molar-refractivity contribution in [2.24, 2.45) is 0 Å². The molecule has 0 amide bonds. The zero-order valence-electron chi connectivity index (χ0n) is 85.7. The highest BCUT2D eigenvalue weighted by atomic mass is 127. The Morgan fingerprint density at radius 3 is 0.907 bits per heavy atom. The van der Waals surface area contributed by atoms with E-state index >= 15 is 0 Å². The van der Waals surface area contributed by atoms with Gasteiger partial charge in [0.2, 0.25) is 79.9 Å². The van der Waals surface area contributed by atoms with Crippen LogP contribution >= 0.6 is 22.6 Å². The fraction of sp³-hybridized carbons (Fsp3) is 0.262. The number of aromatic amines is 5. The first kappa shape index (κ1) is 106. The van der Waals surface area contributed by atoms with Crippen LogP contribution in [-0.2, 0) is 50.1 Å². The largest absolute Gasteiger partial charge is 0.361 e. The maximum atomic E-state index is 12.3. The van der Waals surface area contributed by atoms with E-state index in [-0.39, 0.29) is 47.0 Å². The van der Waals surface area contributed by atoms with Gasteiger partial charge in [-0.3, -0.25) is 33.6 Å². The predicted molar refractivity (Wildman–Crippen MR) is 587 cm³/mol. The van der Waals surface area contributed by atoms with E-state index in [0.717, 1.165) is 183 Å². The molecular weight excluding hydrogens is 2130 g/mol. The number of fused-ring (bicyclic) bond motifs is 6. The van der Waals surface area contributed by atoms with Gasteiger partial charge in [-0.15, -0.1) is 0 Å². The number of halogens is 1. The summed E-state index contributed by atoms with van der Waals surface area (Å²) >= 11 is 2.19. The van der Waals surface area contributed by atoms with Crippen molar-refractivity contribution in [1.29, 1.82) is 0 Å². The molecule has 41 nitrogen and oxygen atoms in total. The number of anilines is 5. The normalized spacial score (nSPS) is 12.0. The SMILES string of the molecule is CCS(=O)(=O)Nc1nc2c(-c3c(C)ccc4ncccc34)cc(-c3c(C)noc3C)cc2[nH]1.CCS(=O)(=O)Nc1nc2c(-c3c(C)noc3C)cc(-c3c(C)noc3C)cc2[nH]1.CCS(=O)(=O)Nc1nc2c(-c3cccnc3-c3ccccc3)cc(-c3c(C)noc3C)cc2[nH]1.Cc1noc(C)c1-c1cc(-c2c(C)noc2C)c2nc(NS(=O)(=O)C(C)C)[nH]c2c1.Cc1noc(C)c1-c1cc(I)c2nc(NS(=O)(=O)C(C)C)[nH]c2c1. The van der Waals surface area contributed by atoms with Gasteiger partial charge in [-0.2, -0.15) is 0 Å². The van der Waals surface area contributed by atoms with E-state index in [9.17, 15) is 42.1 Å². The molecule has 0 saturated heterocycles. The third-order valence-corrected chi connectivity index (χ3v) is 33.2. The van der Waals surface area contributed by atoms with E-state index in [0.29, 0.717) is 84.2 Å². The summed E-state index contributed by atoms with van der Waals surface area (Å²) in [5, 5.41) is 28.3. The van der Waals surface area contributed by atoms with Crippen molar-refractivity contribution in [3.63, 3.8) is 0 Å². The summed E-state index contributed by atoms with van der Waals surface area (Å²) in [6.07, 6.45) is 3.52. The van der Waals surface area contributed by atoms with Crippen LogP contribution in [0.2, 0.25) is 0 Å². The Balaban J connectivity index is 0.000000128. The molecule has 0 spiro atoms. The maximum Gasteiger partial charge on any atom is 0.237 e. The van der Waals surface area contributed by atoms with Gasteiger partial charge in [-0.05, 0) is 293 Å².